The largest absolute Gasteiger partial charge is 0.326 e. The van der Waals surface area contributed by atoms with Gasteiger partial charge in [-0.15, -0.1) is 0 Å². The maximum absolute atomic E-state index is 12.4. The minimum Gasteiger partial charge on any atom is -0.326 e. The molecule has 0 heterocycles. The van der Waals surface area contributed by atoms with E-state index in [1.165, 1.54) is 12.1 Å². The molecule has 0 radical (unpaired) electrons. The van der Waals surface area contributed by atoms with Crippen LogP contribution in [-0.4, -0.2) is 14.3 Å². The molecule has 3 aromatic carbocycles. The number of halogens is 1. The van der Waals surface area contributed by atoms with Crippen LogP contribution in [0, 0.1) is 0 Å². The number of benzene rings is 3. The van der Waals surface area contributed by atoms with E-state index in [0.29, 0.717) is 11.4 Å². The van der Waals surface area contributed by atoms with Gasteiger partial charge in [0.25, 0.3) is 10.0 Å². The van der Waals surface area contributed by atoms with Crippen LogP contribution in [0.5, 0.6) is 0 Å². The first kappa shape index (κ1) is 19.1. The molecule has 2 N–H and O–H groups in total. The van der Waals surface area contributed by atoms with Crippen LogP contribution >= 0.6 is 15.9 Å². The van der Waals surface area contributed by atoms with E-state index < -0.39 is 10.0 Å². The van der Waals surface area contributed by atoms with E-state index in [9.17, 15) is 13.2 Å². The fraction of sp³-hybridized carbons (Fsp3) is 0.0500. The zero-order valence-electron chi connectivity index (χ0n) is 14.2. The summed E-state index contributed by atoms with van der Waals surface area (Å²) in [6.07, 6.45) is 0.229. The van der Waals surface area contributed by atoms with E-state index in [-0.39, 0.29) is 17.2 Å². The average Bonchev–Trinajstić information content (AvgIpc) is 2.64. The minimum atomic E-state index is -3.68. The van der Waals surface area contributed by atoms with Gasteiger partial charge in [-0.2, -0.15) is 0 Å². The number of hydrogen-bond acceptors (Lipinski definition) is 3. The van der Waals surface area contributed by atoms with Crippen LogP contribution in [-0.2, 0) is 21.2 Å². The van der Waals surface area contributed by atoms with Crippen molar-refractivity contribution in [1.29, 1.82) is 0 Å². The fourth-order valence-electron chi connectivity index (χ4n) is 2.47. The van der Waals surface area contributed by atoms with Crippen molar-refractivity contribution in [3.05, 3.63) is 88.9 Å². The predicted molar refractivity (Wildman–Crippen MR) is 110 cm³/mol. The number of anilines is 2. The molecular weight excluding hydrogens is 428 g/mol. The first-order valence-electron chi connectivity index (χ1n) is 8.15. The Labute approximate surface area is 166 Å². The molecular formula is C20H17BrN2O3S. The van der Waals surface area contributed by atoms with Crippen LogP contribution in [0.25, 0.3) is 0 Å². The first-order chi connectivity index (χ1) is 12.9. The quantitative estimate of drug-likeness (QED) is 0.590. The van der Waals surface area contributed by atoms with E-state index in [1.807, 2.05) is 24.3 Å². The molecule has 138 valence electrons. The van der Waals surface area contributed by atoms with Crippen molar-refractivity contribution in [2.45, 2.75) is 11.3 Å². The predicted octanol–water partition coefficient (Wildman–Crippen LogP) is 4.43. The van der Waals surface area contributed by atoms with Crippen molar-refractivity contribution in [3.63, 3.8) is 0 Å². The molecule has 0 atom stereocenters. The van der Waals surface area contributed by atoms with E-state index in [2.05, 4.69) is 26.0 Å². The number of hydrogen-bond donors (Lipinski definition) is 2. The van der Waals surface area contributed by atoms with Crippen LogP contribution in [0.3, 0.4) is 0 Å². The molecule has 0 saturated heterocycles. The molecule has 3 aromatic rings. The molecule has 0 spiro atoms. The monoisotopic (exact) mass is 444 g/mol. The van der Waals surface area contributed by atoms with Crippen molar-refractivity contribution in [1.82, 2.24) is 0 Å². The summed E-state index contributed by atoms with van der Waals surface area (Å²) in [6, 6.07) is 22.2. The molecule has 27 heavy (non-hydrogen) atoms. The van der Waals surface area contributed by atoms with Gasteiger partial charge in [0.1, 0.15) is 0 Å². The number of carbonyl (C=O) groups excluding carboxylic acids is 1. The Morgan fingerprint density at radius 2 is 1.52 bits per heavy atom. The van der Waals surface area contributed by atoms with Crippen molar-refractivity contribution >= 4 is 43.2 Å². The van der Waals surface area contributed by atoms with Gasteiger partial charge >= 0.3 is 0 Å². The highest BCUT2D eigenvalue weighted by Gasteiger charge is 2.13. The standard InChI is InChI=1S/C20H17BrN2O3S/c21-16-11-9-15(10-12-16)13-20(24)22-17-5-4-6-18(14-17)23-27(25,26)19-7-2-1-3-8-19/h1-12,14,23H,13H2,(H,22,24). The third kappa shape index (κ3) is 5.42. The van der Waals surface area contributed by atoms with Crippen LogP contribution in [0.15, 0.2) is 88.2 Å². The Morgan fingerprint density at radius 1 is 0.852 bits per heavy atom. The molecule has 0 aliphatic rings. The van der Waals surface area contributed by atoms with E-state index in [4.69, 9.17) is 0 Å². The van der Waals surface area contributed by atoms with Gasteiger partial charge in [-0.1, -0.05) is 52.3 Å². The highest BCUT2D eigenvalue weighted by atomic mass is 79.9. The first-order valence-corrected chi connectivity index (χ1v) is 10.4. The second-order valence-electron chi connectivity index (χ2n) is 5.85. The lowest BCUT2D eigenvalue weighted by molar-refractivity contribution is -0.115. The Bertz CT molecular complexity index is 1040. The van der Waals surface area contributed by atoms with Gasteiger partial charge in [-0.25, -0.2) is 8.42 Å². The van der Waals surface area contributed by atoms with Gasteiger partial charge in [-0.3, -0.25) is 9.52 Å². The highest BCUT2D eigenvalue weighted by molar-refractivity contribution is 9.10. The maximum Gasteiger partial charge on any atom is 0.261 e. The lowest BCUT2D eigenvalue weighted by Gasteiger charge is -2.10. The van der Waals surface area contributed by atoms with Crippen molar-refractivity contribution in [2.24, 2.45) is 0 Å². The van der Waals surface area contributed by atoms with Gasteiger partial charge in [0, 0.05) is 10.2 Å². The fourth-order valence-corrected chi connectivity index (χ4v) is 3.80. The van der Waals surface area contributed by atoms with Crippen molar-refractivity contribution < 1.29 is 13.2 Å². The summed E-state index contributed by atoms with van der Waals surface area (Å²) < 4.78 is 28.3. The smallest absolute Gasteiger partial charge is 0.261 e. The summed E-state index contributed by atoms with van der Waals surface area (Å²) in [5.41, 5.74) is 1.78. The van der Waals surface area contributed by atoms with Crippen molar-refractivity contribution in [3.8, 4) is 0 Å². The molecule has 0 unspecified atom stereocenters. The lowest BCUT2D eigenvalue weighted by atomic mass is 10.1. The summed E-state index contributed by atoms with van der Waals surface area (Å²) in [4.78, 5) is 12.4. The van der Waals surface area contributed by atoms with Crippen LogP contribution < -0.4 is 10.0 Å². The summed E-state index contributed by atoms with van der Waals surface area (Å²) in [6.45, 7) is 0. The second kappa shape index (κ2) is 8.37. The summed E-state index contributed by atoms with van der Waals surface area (Å²) in [7, 11) is -3.68. The average molecular weight is 445 g/mol. The summed E-state index contributed by atoms with van der Waals surface area (Å²) in [5, 5.41) is 2.79. The lowest BCUT2D eigenvalue weighted by Crippen LogP contribution is -2.15. The SMILES string of the molecule is O=C(Cc1ccc(Br)cc1)Nc1cccc(NS(=O)(=O)c2ccccc2)c1. The van der Waals surface area contributed by atoms with Gasteiger partial charge in [-0.05, 0) is 48.0 Å². The Kier molecular flexibility index (Phi) is 5.93. The number of nitrogens with one attached hydrogen (secondary N) is 2. The maximum atomic E-state index is 12.4. The topological polar surface area (TPSA) is 75.3 Å². The molecule has 0 saturated carbocycles. The zero-order valence-corrected chi connectivity index (χ0v) is 16.6. The molecule has 3 rings (SSSR count). The van der Waals surface area contributed by atoms with Gasteiger partial charge in [0.2, 0.25) is 5.91 Å². The number of carbonyl (C=O) groups is 1. The van der Waals surface area contributed by atoms with Crippen molar-refractivity contribution in [2.75, 3.05) is 10.0 Å². The molecule has 0 bridgehead atoms. The molecule has 7 heteroatoms. The number of amides is 1. The van der Waals surface area contributed by atoms with Crippen LogP contribution in [0.2, 0.25) is 0 Å². The van der Waals surface area contributed by atoms with Crippen LogP contribution in [0.1, 0.15) is 5.56 Å². The van der Waals surface area contributed by atoms with E-state index in [1.54, 1.807) is 42.5 Å². The van der Waals surface area contributed by atoms with Gasteiger partial charge in [0.05, 0.1) is 17.0 Å². The van der Waals surface area contributed by atoms with E-state index >= 15 is 0 Å². The Morgan fingerprint density at radius 3 is 2.22 bits per heavy atom. The van der Waals surface area contributed by atoms with E-state index in [0.717, 1.165) is 10.0 Å². The second-order valence-corrected chi connectivity index (χ2v) is 8.45. The summed E-state index contributed by atoms with van der Waals surface area (Å²) in [5.74, 6) is -0.180. The number of rotatable bonds is 6. The third-order valence-electron chi connectivity index (χ3n) is 3.73. The molecule has 0 fully saturated rings. The molecule has 0 aromatic heterocycles. The molecule has 5 nitrogen and oxygen atoms in total. The van der Waals surface area contributed by atoms with Gasteiger partial charge in [0.15, 0.2) is 0 Å². The van der Waals surface area contributed by atoms with Gasteiger partial charge < -0.3 is 5.32 Å². The third-order valence-corrected chi connectivity index (χ3v) is 5.66. The molecule has 0 aliphatic heterocycles. The number of sulfonamides is 1. The highest BCUT2D eigenvalue weighted by Crippen LogP contribution is 2.20. The molecule has 1 amide bonds. The molecule has 0 aliphatic carbocycles. The minimum absolute atomic E-state index is 0.176. The Balaban J connectivity index is 1.68. The Hall–Kier alpha value is -2.64. The van der Waals surface area contributed by atoms with Crippen LogP contribution in [0.4, 0.5) is 11.4 Å². The summed E-state index contributed by atoms with van der Waals surface area (Å²) >= 11 is 3.36. The normalized spacial score (nSPS) is 11.0. The zero-order chi connectivity index (χ0) is 19.3.